The summed E-state index contributed by atoms with van der Waals surface area (Å²) in [7, 11) is 0. The first-order valence-corrected chi connectivity index (χ1v) is 8.51. The van der Waals surface area contributed by atoms with Gasteiger partial charge in [-0.1, -0.05) is 35.0 Å². The van der Waals surface area contributed by atoms with E-state index in [-0.39, 0.29) is 5.91 Å². The lowest BCUT2D eigenvalue weighted by Gasteiger charge is -2.03. The van der Waals surface area contributed by atoms with Gasteiger partial charge in [0.1, 0.15) is 0 Å². The Morgan fingerprint density at radius 2 is 1.96 bits per heavy atom. The number of nitrogens with one attached hydrogen (secondary N) is 2. The Bertz CT molecular complexity index is 1050. The zero-order valence-corrected chi connectivity index (χ0v) is 14.5. The Hall–Kier alpha value is -3.12. The van der Waals surface area contributed by atoms with E-state index in [0.717, 1.165) is 16.5 Å². The Balaban J connectivity index is 1.39. The summed E-state index contributed by atoms with van der Waals surface area (Å²) in [5.41, 5.74) is 2.46. The van der Waals surface area contributed by atoms with Crippen LogP contribution in [-0.2, 0) is 6.42 Å². The molecule has 0 saturated carbocycles. The summed E-state index contributed by atoms with van der Waals surface area (Å²) in [4.78, 5) is 19.7. The minimum atomic E-state index is -0.168. The molecule has 2 aromatic heterocycles. The first-order chi connectivity index (χ1) is 12.7. The van der Waals surface area contributed by atoms with Crippen LogP contribution in [0.25, 0.3) is 22.3 Å². The van der Waals surface area contributed by atoms with Gasteiger partial charge < -0.3 is 14.8 Å². The minimum Gasteiger partial charge on any atom is -0.360 e. The molecule has 7 heteroatoms. The molecule has 1 amide bonds. The molecule has 4 aromatic rings. The third kappa shape index (κ3) is 3.32. The second kappa shape index (κ2) is 7.01. The third-order valence-corrected chi connectivity index (χ3v) is 4.28. The van der Waals surface area contributed by atoms with Crippen molar-refractivity contribution >= 4 is 28.4 Å². The number of H-pyrrole nitrogens is 1. The standard InChI is InChI=1S/C19H15ClN4O2/c20-13-7-5-12(6-8-13)19(25)21-10-9-17-23-18(24-26-17)15-11-22-16-4-2-1-3-14(15)16/h1-8,11,22H,9-10H2,(H,21,25). The number of carbonyl (C=O) groups excluding carboxylic acids is 1. The molecule has 0 atom stereocenters. The fraction of sp³-hybridized carbons (Fsp3) is 0.105. The van der Waals surface area contributed by atoms with Gasteiger partial charge in [-0.2, -0.15) is 4.98 Å². The Morgan fingerprint density at radius 1 is 1.15 bits per heavy atom. The van der Waals surface area contributed by atoms with Gasteiger partial charge in [0.05, 0.1) is 0 Å². The summed E-state index contributed by atoms with van der Waals surface area (Å²) in [6.45, 7) is 0.400. The van der Waals surface area contributed by atoms with E-state index < -0.39 is 0 Å². The summed E-state index contributed by atoms with van der Waals surface area (Å²) in [6, 6.07) is 14.7. The van der Waals surface area contributed by atoms with Crippen molar-refractivity contribution < 1.29 is 9.32 Å². The summed E-state index contributed by atoms with van der Waals surface area (Å²) >= 11 is 5.82. The molecule has 2 aromatic carbocycles. The van der Waals surface area contributed by atoms with E-state index in [4.69, 9.17) is 16.1 Å². The summed E-state index contributed by atoms with van der Waals surface area (Å²) in [6.07, 6.45) is 2.32. The number of carbonyl (C=O) groups is 1. The number of aromatic nitrogens is 3. The zero-order chi connectivity index (χ0) is 17.9. The molecule has 26 heavy (non-hydrogen) atoms. The second-order valence-electron chi connectivity index (χ2n) is 5.77. The zero-order valence-electron chi connectivity index (χ0n) is 13.7. The van der Waals surface area contributed by atoms with Gasteiger partial charge in [0.2, 0.25) is 11.7 Å². The molecule has 0 aliphatic carbocycles. The molecule has 2 N–H and O–H groups in total. The van der Waals surface area contributed by atoms with E-state index in [9.17, 15) is 4.79 Å². The predicted molar refractivity (Wildman–Crippen MR) is 99.1 cm³/mol. The molecule has 0 fully saturated rings. The number of benzene rings is 2. The second-order valence-corrected chi connectivity index (χ2v) is 6.21. The molecule has 2 heterocycles. The van der Waals surface area contributed by atoms with E-state index in [1.165, 1.54) is 0 Å². The number of amides is 1. The van der Waals surface area contributed by atoms with E-state index in [0.29, 0.717) is 35.3 Å². The average molecular weight is 367 g/mol. The van der Waals surface area contributed by atoms with E-state index in [1.807, 2.05) is 30.5 Å². The summed E-state index contributed by atoms with van der Waals surface area (Å²) in [5.74, 6) is 0.834. The van der Waals surface area contributed by atoms with Crippen LogP contribution >= 0.6 is 11.6 Å². The molecular weight excluding hydrogens is 352 g/mol. The van der Waals surface area contributed by atoms with E-state index in [1.54, 1.807) is 24.3 Å². The van der Waals surface area contributed by atoms with Gasteiger partial charge >= 0.3 is 0 Å². The Labute approximate surface area is 154 Å². The van der Waals surface area contributed by atoms with Crippen LogP contribution in [0.5, 0.6) is 0 Å². The van der Waals surface area contributed by atoms with Gasteiger partial charge in [0.25, 0.3) is 5.91 Å². The molecule has 0 aliphatic rings. The normalized spacial score (nSPS) is 11.0. The number of fused-ring (bicyclic) bond motifs is 1. The lowest BCUT2D eigenvalue weighted by molar-refractivity contribution is 0.0953. The quantitative estimate of drug-likeness (QED) is 0.562. The monoisotopic (exact) mass is 366 g/mol. The topological polar surface area (TPSA) is 83.8 Å². The van der Waals surface area contributed by atoms with Crippen LogP contribution in [0.3, 0.4) is 0 Å². The van der Waals surface area contributed by atoms with E-state index in [2.05, 4.69) is 20.4 Å². The predicted octanol–water partition coefficient (Wildman–Crippen LogP) is 3.84. The molecule has 6 nitrogen and oxygen atoms in total. The maximum atomic E-state index is 12.1. The maximum absolute atomic E-state index is 12.1. The van der Waals surface area contributed by atoms with Crippen molar-refractivity contribution in [1.29, 1.82) is 0 Å². The van der Waals surface area contributed by atoms with Crippen LogP contribution in [0, 0.1) is 0 Å². The SMILES string of the molecule is O=C(NCCc1nc(-c2c[nH]c3ccccc23)no1)c1ccc(Cl)cc1. The highest BCUT2D eigenvalue weighted by atomic mass is 35.5. The first kappa shape index (κ1) is 16.4. The van der Waals surface area contributed by atoms with Crippen LogP contribution in [0.1, 0.15) is 16.2 Å². The van der Waals surface area contributed by atoms with Crippen LogP contribution in [0.4, 0.5) is 0 Å². The number of hydrogen-bond acceptors (Lipinski definition) is 4. The minimum absolute atomic E-state index is 0.168. The van der Waals surface area contributed by atoms with Crippen molar-refractivity contribution in [3.8, 4) is 11.4 Å². The lowest BCUT2D eigenvalue weighted by Crippen LogP contribution is -2.25. The van der Waals surface area contributed by atoms with Gasteiger partial charge in [0, 0.05) is 46.2 Å². The van der Waals surface area contributed by atoms with Crippen molar-refractivity contribution in [3.63, 3.8) is 0 Å². The average Bonchev–Trinajstić information content (AvgIpc) is 3.28. The third-order valence-electron chi connectivity index (χ3n) is 4.03. The Morgan fingerprint density at radius 3 is 2.81 bits per heavy atom. The lowest BCUT2D eigenvalue weighted by atomic mass is 10.2. The molecule has 0 radical (unpaired) electrons. The highest BCUT2D eigenvalue weighted by molar-refractivity contribution is 6.30. The fourth-order valence-electron chi connectivity index (χ4n) is 2.71. The highest BCUT2D eigenvalue weighted by Gasteiger charge is 2.13. The highest BCUT2D eigenvalue weighted by Crippen LogP contribution is 2.26. The van der Waals surface area contributed by atoms with Gasteiger partial charge in [-0.05, 0) is 30.3 Å². The molecule has 0 saturated heterocycles. The molecule has 0 aliphatic heterocycles. The van der Waals surface area contributed by atoms with Crippen molar-refractivity contribution in [3.05, 3.63) is 71.2 Å². The number of rotatable bonds is 5. The van der Waals surface area contributed by atoms with Crippen molar-refractivity contribution in [2.24, 2.45) is 0 Å². The number of aromatic amines is 1. The van der Waals surface area contributed by atoms with E-state index >= 15 is 0 Å². The molecule has 0 spiro atoms. The summed E-state index contributed by atoms with van der Waals surface area (Å²) < 4.78 is 5.30. The molecule has 0 bridgehead atoms. The van der Waals surface area contributed by atoms with Crippen molar-refractivity contribution in [2.75, 3.05) is 6.54 Å². The first-order valence-electron chi connectivity index (χ1n) is 8.13. The van der Waals surface area contributed by atoms with Gasteiger partial charge in [0.15, 0.2) is 0 Å². The van der Waals surface area contributed by atoms with Crippen molar-refractivity contribution in [2.45, 2.75) is 6.42 Å². The molecule has 4 rings (SSSR count). The number of hydrogen-bond donors (Lipinski definition) is 2. The van der Waals surface area contributed by atoms with Crippen LogP contribution in [-0.4, -0.2) is 27.6 Å². The molecule has 0 unspecified atom stereocenters. The smallest absolute Gasteiger partial charge is 0.251 e. The van der Waals surface area contributed by atoms with Gasteiger partial charge in [-0.3, -0.25) is 4.79 Å². The van der Waals surface area contributed by atoms with Crippen molar-refractivity contribution in [1.82, 2.24) is 20.4 Å². The van der Waals surface area contributed by atoms with Gasteiger partial charge in [-0.25, -0.2) is 0 Å². The van der Waals surface area contributed by atoms with Crippen LogP contribution < -0.4 is 5.32 Å². The largest absolute Gasteiger partial charge is 0.360 e. The number of nitrogens with zero attached hydrogens (tertiary/aromatic N) is 2. The number of halogens is 1. The molecule has 130 valence electrons. The van der Waals surface area contributed by atoms with Crippen LogP contribution in [0.15, 0.2) is 59.3 Å². The van der Waals surface area contributed by atoms with Crippen LogP contribution in [0.2, 0.25) is 5.02 Å². The number of para-hydroxylation sites is 1. The van der Waals surface area contributed by atoms with Gasteiger partial charge in [-0.15, -0.1) is 0 Å². The molecular formula is C19H15ClN4O2. The Kier molecular flexibility index (Phi) is 4.41. The fourth-order valence-corrected chi connectivity index (χ4v) is 2.83. The summed E-state index contributed by atoms with van der Waals surface area (Å²) in [5, 5.41) is 8.50. The maximum Gasteiger partial charge on any atom is 0.251 e.